The van der Waals surface area contributed by atoms with Gasteiger partial charge in [-0.15, -0.1) is 0 Å². The number of fused-ring (bicyclic) bond motifs is 1. The van der Waals surface area contributed by atoms with Gasteiger partial charge in [0.05, 0.1) is 11.8 Å². The van der Waals surface area contributed by atoms with Crippen molar-refractivity contribution in [2.24, 2.45) is 0 Å². The maximum Gasteiger partial charge on any atom is 0.253 e. The molecule has 0 atom stereocenters. The average Bonchev–Trinajstić information content (AvgIpc) is 3.02. The van der Waals surface area contributed by atoms with Crippen LogP contribution in [0.5, 0.6) is 0 Å². The highest BCUT2D eigenvalue weighted by atomic mass is 16.1. The second kappa shape index (κ2) is 4.73. The number of amides is 1. The van der Waals surface area contributed by atoms with Gasteiger partial charge in [-0.3, -0.25) is 9.89 Å². The topological polar surface area (TPSA) is 99.6 Å². The van der Waals surface area contributed by atoms with Crippen molar-refractivity contribution in [3.8, 4) is 0 Å². The highest BCUT2D eigenvalue weighted by Gasteiger charge is 2.12. The van der Waals surface area contributed by atoms with Crippen LogP contribution in [0, 0.1) is 6.92 Å². The van der Waals surface area contributed by atoms with E-state index < -0.39 is 0 Å². The van der Waals surface area contributed by atoms with Gasteiger partial charge >= 0.3 is 0 Å². The predicted molar refractivity (Wildman–Crippen MR) is 77.2 cm³/mol. The van der Waals surface area contributed by atoms with E-state index >= 15 is 0 Å². The number of carbonyl (C=O) groups excluding carboxylic acids is 1. The fraction of sp³-hybridized carbons (Fsp3) is 0.143. The van der Waals surface area contributed by atoms with E-state index in [1.54, 1.807) is 24.5 Å². The first-order chi connectivity index (χ1) is 9.65. The number of nitrogens with two attached hydrogens (primary N) is 1. The van der Waals surface area contributed by atoms with Crippen LogP contribution >= 0.6 is 0 Å². The van der Waals surface area contributed by atoms with Crippen molar-refractivity contribution in [1.29, 1.82) is 0 Å². The second-order valence-corrected chi connectivity index (χ2v) is 4.71. The number of H-pyrrole nitrogens is 2. The molecule has 5 N–H and O–H groups in total. The zero-order valence-corrected chi connectivity index (χ0v) is 11.0. The third-order valence-electron chi connectivity index (χ3n) is 3.32. The first-order valence-electron chi connectivity index (χ1n) is 6.29. The molecule has 0 fully saturated rings. The highest BCUT2D eigenvalue weighted by Crippen LogP contribution is 2.20. The monoisotopic (exact) mass is 269 g/mol. The Kier molecular flexibility index (Phi) is 2.90. The molecule has 2 aromatic heterocycles. The van der Waals surface area contributed by atoms with Gasteiger partial charge in [0, 0.05) is 40.6 Å². The molecule has 0 saturated heterocycles. The summed E-state index contributed by atoms with van der Waals surface area (Å²) in [4.78, 5) is 15.3. The third kappa shape index (κ3) is 2.11. The van der Waals surface area contributed by atoms with Gasteiger partial charge in [-0.1, -0.05) is 0 Å². The van der Waals surface area contributed by atoms with E-state index in [2.05, 4.69) is 20.5 Å². The highest BCUT2D eigenvalue weighted by molar-refractivity contribution is 6.07. The Balaban J connectivity index is 1.82. The molecule has 6 heteroatoms. The van der Waals surface area contributed by atoms with Crippen LogP contribution in [-0.4, -0.2) is 21.1 Å². The summed E-state index contributed by atoms with van der Waals surface area (Å²) in [5.41, 5.74) is 9.81. The molecule has 0 aliphatic rings. The summed E-state index contributed by atoms with van der Waals surface area (Å²) in [5, 5.41) is 10.5. The number of hydrogen-bond donors (Lipinski definition) is 4. The minimum atomic E-state index is -0.137. The molecule has 0 unspecified atom stereocenters. The fourth-order valence-electron chi connectivity index (χ4n) is 2.15. The predicted octanol–water partition coefficient (Wildman–Crippen LogP) is 1.71. The molecule has 2 heterocycles. The van der Waals surface area contributed by atoms with E-state index in [9.17, 15) is 4.79 Å². The summed E-state index contributed by atoms with van der Waals surface area (Å²) in [6.07, 6.45) is 3.41. The van der Waals surface area contributed by atoms with E-state index in [1.807, 2.05) is 13.0 Å². The van der Waals surface area contributed by atoms with Crippen LogP contribution in [0.3, 0.4) is 0 Å². The minimum absolute atomic E-state index is 0.137. The van der Waals surface area contributed by atoms with Crippen molar-refractivity contribution in [2.75, 3.05) is 5.73 Å². The Hall–Kier alpha value is -2.76. The average molecular weight is 269 g/mol. The smallest absolute Gasteiger partial charge is 0.253 e. The molecule has 1 aromatic carbocycles. The van der Waals surface area contributed by atoms with Crippen molar-refractivity contribution >= 4 is 22.5 Å². The number of carbonyl (C=O) groups is 1. The van der Waals surface area contributed by atoms with Crippen LogP contribution in [0.15, 0.2) is 30.6 Å². The minimum Gasteiger partial charge on any atom is -0.399 e. The zero-order valence-electron chi connectivity index (χ0n) is 11.0. The first-order valence-corrected chi connectivity index (χ1v) is 6.29. The molecule has 0 bridgehead atoms. The van der Waals surface area contributed by atoms with Gasteiger partial charge in [0.2, 0.25) is 0 Å². The molecule has 102 valence electrons. The summed E-state index contributed by atoms with van der Waals surface area (Å²) in [6, 6.07) is 5.46. The number of aromatic nitrogens is 3. The largest absolute Gasteiger partial charge is 0.399 e. The molecule has 0 radical (unpaired) electrons. The zero-order chi connectivity index (χ0) is 14.1. The lowest BCUT2D eigenvalue weighted by molar-refractivity contribution is 0.0952. The van der Waals surface area contributed by atoms with Gasteiger partial charge in [-0.2, -0.15) is 5.10 Å². The Morgan fingerprint density at radius 1 is 1.45 bits per heavy atom. The number of aryl methyl sites for hydroxylation is 1. The lowest BCUT2D eigenvalue weighted by atomic mass is 10.1. The number of anilines is 1. The van der Waals surface area contributed by atoms with Gasteiger partial charge < -0.3 is 16.0 Å². The number of nitrogens with zero attached hydrogens (tertiary/aromatic N) is 1. The number of nitrogens with one attached hydrogen (secondary N) is 3. The number of benzene rings is 1. The Bertz CT molecular complexity index is 771. The van der Waals surface area contributed by atoms with Gasteiger partial charge in [0.15, 0.2) is 0 Å². The van der Waals surface area contributed by atoms with Gasteiger partial charge in [0.1, 0.15) is 0 Å². The number of aromatic amines is 2. The van der Waals surface area contributed by atoms with Gasteiger partial charge in [-0.25, -0.2) is 0 Å². The van der Waals surface area contributed by atoms with E-state index in [1.165, 1.54) is 0 Å². The molecule has 3 rings (SSSR count). The third-order valence-corrected chi connectivity index (χ3v) is 3.32. The summed E-state index contributed by atoms with van der Waals surface area (Å²) in [5.74, 6) is -0.137. The van der Waals surface area contributed by atoms with Crippen molar-refractivity contribution < 1.29 is 4.79 Å². The van der Waals surface area contributed by atoms with E-state index in [-0.39, 0.29) is 5.91 Å². The molecule has 1 amide bonds. The van der Waals surface area contributed by atoms with Crippen molar-refractivity contribution in [1.82, 2.24) is 20.5 Å². The summed E-state index contributed by atoms with van der Waals surface area (Å²) < 4.78 is 0. The standard InChI is InChI=1S/C14H15N5O/c1-8-9(6-18-19-8)5-17-14(20)12-7-16-13-3-2-10(15)4-11(12)13/h2-4,6-7,16H,5,15H2,1H3,(H,17,20)(H,18,19). The molecule has 0 spiro atoms. The van der Waals surface area contributed by atoms with Gasteiger partial charge in [-0.05, 0) is 25.1 Å². The van der Waals surface area contributed by atoms with Gasteiger partial charge in [0.25, 0.3) is 5.91 Å². The molecule has 0 aliphatic carbocycles. The van der Waals surface area contributed by atoms with Crippen molar-refractivity contribution in [3.63, 3.8) is 0 Å². The lowest BCUT2D eigenvalue weighted by Gasteiger charge is -2.04. The molecule has 6 nitrogen and oxygen atoms in total. The van der Waals surface area contributed by atoms with Crippen LogP contribution in [0.4, 0.5) is 5.69 Å². The molecule has 0 aliphatic heterocycles. The van der Waals surface area contributed by atoms with E-state index in [0.717, 1.165) is 22.2 Å². The normalized spacial score (nSPS) is 10.8. The Labute approximate surface area is 115 Å². The lowest BCUT2D eigenvalue weighted by Crippen LogP contribution is -2.22. The number of hydrogen-bond acceptors (Lipinski definition) is 3. The first kappa shape index (κ1) is 12.3. The Morgan fingerprint density at radius 2 is 2.30 bits per heavy atom. The maximum atomic E-state index is 12.2. The SMILES string of the molecule is Cc1[nH]ncc1CNC(=O)c1c[nH]c2ccc(N)cc12. The quantitative estimate of drug-likeness (QED) is 0.545. The molecule has 20 heavy (non-hydrogen) atoms. The van der Waals surface area contributed by atoms with Crippen molar-refractivity contribution in [2.45, 2.75) is 13.5 Å². The molecule has 3 aromatic rings. The number of rotatable bonds is 3. The molecular weight excluding hydrogens is 254 g/mol. The summed E-state index contributed by atoms with van der Waals surface area (Å²) >= 11 is 0. The molecular formula is C14H15N5O. The van der Waals surface area contributed by atoms with E-state index in [0.29, 0.717) is 17.8 Å². The summed E-state index contributed by atoms with van der Waals surface area (Å²) in [7, 11) is 0. The van der Waals surface area contributed by atoms with Crippen LogP contribution in [0.1, 0.15) is 21.6 Å². The second-order valence-electron chi connectivity index (χ2n) is 4.71. The molecule has 0 saturated carbocycles. The van der Waals surface area contributed by atoms with E-state index in [4.69, 9.17) is 5.73 Å². The maximum absolute atomic E-state index is 12.2. The van der Waals surface area contributed by atoms with Crippen LogP contribution < -0.4 is 11.1 Å². The van der Waals surface area contributed by atoms with Crippen molar-refractivity contribution in [3.05, 3.63) is 47.4 Å². The fourth-order valence-corrected chi connectivity index (χ4v) is 2.15. The van der Waals surface area contributed by atoms with Crippen LogP contribution in [0.2, 0.25) is 0 Å². The summed E-state index contributed by atoms with van der Waals surface area (Å²) in [6.45, 7) is 2.36. The Morgan fingerprint density at radius 3 is 3.05 bits per heavy atom. The van der Waals surface area contributed by atoms with Crippen LogP contribution in [-0.2, 0) is 6.54 Å². The number of nitrogen functional groups attached to an aromatic ring is 1. The van der Waals surface area contributed by atoms with Crippen LogP contribution in [0.25, 0.3) is 10.9 Å².